The first-order chi connectivity index (χ1) is 7.83. The van der Waals surface area contributed by atoms with Gasteiger partial charge in [0.05, 0.1) is 18.1 Å². The van der Waals surface area contributed by atoms with Crippen LogP contribution >= 0.6 is 0 Å². The first-order valence-electron chi connectivity index (χ1n) is 6.17. The molecule has 0 fully saturated rings. The van der Waals surface area contributed by atoms with Crippen molar-refractivity contribution in [2.75, 3.05) is 13.2 Å². The second-order valence-electron chi connectivity index (χ2n) is 4.03. The number of aliphatic hydroxyl groups is 1. The number of rotatable bonds is 8. The van der Waals surface area contributed by atoms with Gasteiger partial charge in [0.2, 0.25) is 0 Å². The number of aromatic nitrogens is 2. The van der Waals surface area contributed by atoms with Gasteiger partial charge in [0.15, 0.2) is 0 Å². The number of imidazole rings is 1. The molecule has 1 heterocycles. The SMILES string of the molecule is CCCNC(CCO)c1cncn1CCC. The highest BCUT2D eigenvalue weighted by Crippen LogP contribution is 2.16. The minimum atomic E-state index is 0.207. The zero-order valence-electron chi connectivity index (χ0n) is 10.3. The molecule has 1 unspecified atom stereocenters. The van der Waals surface area contributed by atoms with Crippen LogP contribution in [0.2, 0.25) is 0 Å². The number of aliphatic hydroxyl groups excluding tert-OH is 1. The summed E-state index contributed by atoms with van der Waals surface area (Å²) in [7, 11) is 0. The van der Waals surface area contributed by atoms with E-state index in [1.54, 1.807) is 0 Å². The highest BCUT2D eigenvalue weighted by atomic mass is 16.3. The van der Waals surface area contributed by atoms with E-state index < -0.39 is 0 Å². The third-order valence-electron chi connectivity index (χ3n) is 2.62. The maximum Gasteiger partial charge on any atom is 0.0948 e. The molecular formula is C12H23N3O. The van der Waals surface area contributed by atoms with Crippen molar-refractivity contribution in [3.05, 3.63) is 18.2 Å². The minimum Gasteiger partial charge on any atom is -0.396 e. The van der Waals surface area contributed by atoms with Gasteiger partial charge in [-0.3, -0.25) is 0 Å². The second kappa shape index (κ2) is 7.41. The van der Waals surface area contributed by atoms with Gasteiger partial charge in [0.25, 0.3) is 0 Å². The molecule has 0 aromatic carbocycles. The van der Waals surface area contributed by atoms with Crippen molar-refractivity contribution in [3.63, 3.8) is 0 Å². The lowest BCUT2D eigenvalue weighted by Crippen LogP contribution is -2.25. The predicted octanol–water partition coefficient (Wildman–Crippen LogP) is 1.72. The van der Waals surface area contributed by atoms with Gasteiger partial charge >= 0.3 is 0 Å². The molecule has 0 amide bonds. The highest BCUT2D eigenvalue weighted by Gasteiger charge is 2.14. The fourth-order valence-electron chi connectivity index (χ4n) is 1.85. The fraction of sp³-hybridized carbons (Fsp3) is 0.750. The first-order valence-corrected chi connectivity index (χ1v) is 6.17. The maximum absolute atomic E-state index is 9.09. The van der Waals surface area contributed by atoms with Gasteiger partial charge in [-0.15, -0.1) is 0 Å². The Balaban J connectivity index is 2.70. The Morgan fingerprint density at radius 3 is 2.88 bits per heavy atom. The van der Waals surface area contributed by atoms with Crippen LogP contribution in [-0.4, -0.2) is 27.8 Å². The van der Waals surface area contributed by atoms with E-state index in [2.05, 4.69) is 28.7 Å². The molecule has 1 rings (SSSR count). The average molecular weight is 225 g/mol. The summed E-state index contributed by atoms with van der Waals surface area (Å²) in [5.74, 6) is 0. The van der Waals surface area contributed by atoms with Crippen molar-refractivity contribution in [1.82, 2.24) is 14.9 Å². The molecule has 0 saturated heterocycles. The summed E-state index contributed by atoms with van der Waals surface area (Å²) in [4.78, 5) is 4.19. The number of hydrogen-bond donors (Lipinski definition) is 2. The molecule has 4 heteroatoms. The molecule has 0 spiro atoms. The third kappa shape index (κ3) is 3.61. The van der Waals surface area contributed by atoms with Crippen molar-refractivity contribution in [1.29, 1.82) is 0 Å². The van der Waals surface area contributed by atoms with Crippen molar-refractivity contribution in [2.45, 2.75) is 45.7 Å². The third-order valence-corrected chi connectivity index (χ3v) is 2.62. The molecule has 1 atom stereocenters. The van der Waals surface area contributed by atoms with E-state index in [1.807, 2.05) is 12.5 Å². The number of nitrogens with one attached hydrogen (secondary N) is 1. The van der Waals surface area contributed by atoms with Gasteiger partial charge in [0.1, 0.15) is 0 Å². The van der Waals surface area contributed by atoms with Crippen LogP contribution in [0, 0.1) is 0 Å². The summed E-state index contributed by atoms with van der Waals surface area (Å²) in [6, 6.07) is 0.221. The summed E-state index contributed by atoms with van der Waals surface area (Å²) in [6.07, 6.45) is 6.72. The Labute approximate surface area is 97.7 Å². The molecular weight excluding hydrogens is 202 g/mol. The Hall–Kier alpha value is -0.870. The lowest BCUT2D eigenvalue weighted by molar-refractivity contribution is 0.262. The van der Waals surface area contributed by atoms with E-state index in [0.717, 1.165) is 32.4 Å². The zero-order valence-corrected chi connectivity index (χ0v) is 10.3. The lowest BCUT2D eigenvalue weighted by Gasteiger charge is -2.19. The van der Waals surface area contributed by atoms with E-state index >= 15 is 0 Å². The fourth-order valence-corrected chi connectivity index (χ4v) is 1.85. The van der Waals surface area contributed by atoms with Crippen molar-refractivity contribution in [2.24, 2.45) is 0 Å². The summed E-state index contributed by atoms with van der Waals surface area (Å²) in [6.45, 7) is 6.47. The first kappa shape index (κ1) is 13.2. The standard InChI is InChI=1S/C12H23N3O/c1-3-6-14-11(5-8-16)12-9-13-10-15(12)7-4-2/h9-11,14,16H,3-8H2,1-2H3. The topological polar surface area (TPSA) is 50.1 Å². The molecule has 16 heavy (non-hydrogen) atoms. The summed E-state index contributed by atoms with van der Waals surface area (Å²) in [5.41, 5.74) is 1.18. The largest absolute Gasteiger partial charge is 0.396 e. The van der Waals surface area contributed by atoms with E-state index in [4.69, 9.17) is 5.11 Å². The summed E-state index contributed by atoms with van der Waals surface area (Å²) in [5, 5.41) is 12.5. The van der Waals surface area contributed by atoms with Crippen LogP contribution < -0.4 is 5.32 Å². The molecule has 0 aliphatic rings. The zero-order chi connectivity index (χ0) is 11.8. The molecule has 4 nitrogen and oxygen atoms in total. The highest BCUT2D eigenvalue weighted by molar-refractivity contribution is 5.05. The van der Waals surface area contributed by atoms with E-state index in [1.165, 1.54) is 5.69 Å². The lowest BCUT2D eigenvalue weighted by atomic mass is 10.1. The van der Waals surface area contributed by atoms with Crippen LogP contribution in [0.4, 0.5) is 0 Å². The molecule has 0 saturated carbocycles. The van der Waals surface area contributed by atoms with Crippen LogP contribution in [0.3, 0.4) is 0 Å². The van der Waals surface area contributed by atoms with Crippen molar-refractivity contribution < 1.29 is 5.11 Å². The van der Waals surface area contributed by atoms with Crippen LogP contribution in [-0.2, 0) is 6.54 Å². The molecule has 1 aromatic rings. The van der Waals surface area contributed by atoms with Crippen LogP contribution in [0.25, 0.3) is 0 Å². The monoisotopic (exact) mass is 225 g/mol. The van der Waals surface area contributed by atoms with Crippen LogP contribution in [0.1, 0.15) is 44.8 Å². The molecule has 92 valence electrons. The van der Waals surface area contributed by atoms with E-state index in [0.29, 0.717) is 0 Å². The molecule has 2 N–H and O–H groups in total. The van der Waals surface area contributed by atoms with Crippen LogP contribution in [0.15, 0.2) is 12.5 Å². The Bertz CT molecular complexity index is 286. The predicted molar refractivity (Wildman–Crippen MR) is 65.3 cm³/mol. The summed E-state index contributed by atoms with van der Waals surface area (Å²) < 4.78 is 2.17. The van der Waals surface area contributed by atoms with E-state index in [-0.39, 0.29) is 12.6 Å². The van der Waals surface area contributed by atoms with Gasteiger partial charge in [-0.05, 0) is 25.8 Å². The smallest absolute Gasteiger partial charge is 0.0948 e. The molecule has 0 aliphatic heterocycles. The molecule has 0 aliphatic carbocycles. The van der Waals surface area contributed by atoms with Gasteiger partial charge in [0, 0.05) is 19.3 Å². The Kier molecular flexibility index (Phi) is 6.11. The van der Waals surface area contributed by atoms with Crippen LogP contribution in [0.5, 0.6) is 0 Å². The molecule has 0 radical (unpaired) electrons. The van der Waals surface area contributed by atoms with Gasteiger partial charge in [-0.1, -0.05) is 13.8 Å². The average Bonchev–Trinajstić information content (AvgIpc) is 2.73. The van der Waals surface area contributed by atoms with Crippen molar-refractivity contribution >= 4 is 0 Å². The normalized spacial score (nSPS) is 12.9. The Morgan fingerprint density at radius 2 is 2.25 bits per heavy atom. The molecule has 1 aromatic heterocycles. The van der Waals surface area contributed by atoms with Gasteiger partial charge < -0.3 is 15.0 Å². The number of aryl methyl sites for hydroxylation is 1. The van der Waals surface area contributed by atoms with E-state index in [9.17, 15) is 0 Å². The summed E-state index contributed by atoms with van der Waals surface area (Å²) >= 11 is 0. The maximum atomic E-state index is 9.09. The van der Waals surface area contributed by atoms with Gasteiger partial charge in [-0.2, -0.15) is 0 Å². The van der Waals surface area contributed by atoms with Crippen molar-refractivity contribution in [3.8, 4) is 0 Å². The quantitative estimate of drug-likeness (QED) is 0.708. The second-order valence-corrected chi connectivity index (χ2v) is 4.03. The number of nitrogens with zero attached hydrogens (tertiary/aromatic N) is 2. The number of hydrogen-bond acceptors (Lipinski definition) is 3. The minimum absolute atomic E-state index is 0.207. The van der Waals surface area contributed by atoms with Gasteiger partial charge in [-0.25, -0.2) is 4.98 Å². The Morgan fingerprint density at radius 1 is 1.44 bits per heavy atom. The molecule has 0 bridgehead atoms.